The molecule has 0 unspecified atom stereocenters. The standard InChI is InChI=1S/C14H18F3NO2/c1-10(18-6-8-20-9-7-18)13(19)11-2-4-12(5-3-11)14(15,16)17/h2-5,10,13,19H,6-9H2,1H3/t10-,13+/m0/s1. The van der Waals surface area contributed by atoms with E-state index in [1.165, 1.54) is 12.1 Å². The van der Waals surface area contributed by atoms with Gasteiger partial charge in [-0.05, 0) is 24.6 Å². The van der Waals surface area contributed by atoms with Gasteiger partial charge in [-0.3, -0.25) is 4.90 Å². The summed E-state index contributed by atoms with van der Waals surface area (Å²) in [6.45, 7) is 4.54. The fourth-order valence-corrected chi connectivity index (χ4v) is 2.33. The molecule has 1 aromatic carbocycles. The van der Waals surface area contributed by atoms with Gasteiger partial charge in [0.05, 0.1) is 24.9 Å². The number of ether oxygens (including phenoxy) is 1. The fraction of sp³-hybridized carbons (Fsp3) is 0.571. The average Bonchev–Trinajstić information content (AvgIpc) is 2.46. The van der Waals surface area contributed by atoms with Crippen LogP contribution in [0.2, 0.25) is 0 Å². The number of halogens is 3. The Morgan fingerprint density at radius 1 is 1.15 bits per heavy atom. The summed E-state index contributed by atoms with van der Waals surface area (Å²) in [6, 6.07) is 4.53. The third-order valence-corrected chi connectivity index (χ3v) is 3.66. The Balaban J connectivity index is 2.06. The number of hydrogen-bond donors (Lipinski definition) is 1. The summed E-state index contributed by atoms with van der Waals surface area (Å²) >= 11 is 0. The first-order valence-electron chi connectivity index (χ1n) is 6.56. The Hall–Kier alpha value is -1.11. The first-order chi connectivity index (χ1) is 9.39. The highest BCUT2D eigenvalue weighted by molar-refractivity contribution is 5.26. The first kappa shape index (κ1) is 15.3. The van der Waals surface area contributed by atoms with Crippen molar-refractivity contribution in [2.24, 2.45) is 0 Å². The molecule has 1 heterocycles. The van der Waals surface area contributed by atoms with Crippen molar-refractivity contribution < 1.29 is 23.0 Å². The van der Waals surface area contributed by atoms with Crippen LogP contribution in [-0.2, 0) is 10.9 Å². The topological polar surface area (TPSA) is 32.7 Å². The van der Waals surface area contributed by atoms with E-state index in [1.54, 1.807) is 0 Å². The molecule has 20 heavy (non-hydrogen) atoms. The molecule has 112 valence electrons. The maximum atomic E-state index is 12.5. The van der Waals surface area contributed by atoms with E-state index in [1.807, 2.05) is 6.92 Å². The fourth-order valence-electron chi connectivity index (χ4n) is 2.33. The Bertz CT molecular complexity index is 427. The monoisotopic (exact) mass is 289 g/mol. The van der Waals surface area contributed by atoms with Crippen LogP contribution in [0.1, 0.15) is 24.2 Å². The highest BCUT2D eigenvalue weighted by Crippen LogP contribution is 2.30. The van der Waals surface area contributed by atoms with Gasteiger partial charge in [0.2, 0.25) is 0 Å². The number of aliphatic hydroxyl groups excluding tert-OH is 1. The number of aliphatic hydroxyl groups is 1. The van der Waals surface area contributed by atoms with E-state index >= 15 is 0 Å². The van der Waals surface area contributed by atoms with Crippen molar-refractivity contribution in [3.05, 3.63) is 35.4 Å². The summed E-state index contributed by atoms with van der Waals surface area (Å²) in [5.41, 5.74) is -0.204. The molecule has 0 amide bonds. The number of benzene rings is 1. The van der Waals surface area contributed by atoms with Crippen molar-refractivity contribution >= 4 is 0 Å². The van der Waals surface area contributed by atoms with E-state index in [0.717, 1.165) is 25.2 Å². The van der Waals surface area contributed by atoms with Gasteiger partial charge in [0.15, 0.2) is 0 Å². The van der Waals surface area contributed by atoms with Gasteiger partial charge in [-0.15, -0.1) is 0 Å². The van der Waals surface area contributed by atoms with Gasteiger partial charge in [-0.25, -0.2) is 0 Å². The smallest absolute Gasteiger partial charge is 0.387 e. The van der Waals surface area contributed by atoms with E-state index in [-0.39, 0.29) is 6.04 Å². The Morgan fingerprint density at radius 2 is 1.70 bits per heavy atom. The van der Waals surface area contributed by atoms with Crippen LogP contribution in [0.4, 0.5) is 13.2 Å². The first-order valence-corrected chi connectivity index (χ1v) is 6.56. The maximum absolute atomic E-state index is 12.5. The third kappa shape index (κ3) is 3.50. The van der Waals surface area contributed by atoms with E-state index in [0.29, 0.717) is 18.8 Å². The predicted octanol–water partition coefficient (Wildman–Crippen LogP) is 2.46. The van der Waals surface area contributed by atoms with Crippen LogP contribution in [0.15, 0.2) is 24.3 Å². The van der Waals surface area contributed by atoms with Gasteiger partial charge in [0.25, 0.3) is 0 Å². The van der Waals surface area contributed by atoms with E-state index in [2.05, 4.69) is 4.90 Å². The van der Waals surface area contributed by atoms with E-state index in [9.17, 15) is 18.3 Å². The zero-order chi connectivity index (χ0) is 14.8. The second-order valence-corrected chi connectivity index (χ2v) is 4.95. The normalized spacial score (nSPS) is 20.6. The highest BCUT2D eigenvalue weighted by atomic mass is 19.4. The molecule has 0 aliphatic carbocycles. The van der Waals surface area contributed by atoms with E-state index in [4.69, 9.17) is 4.74 Å². The highest BCUT2D eigenvalue weighted by Gasteiger charge is 2.31. The summed E-state index contributed by atoms with van der Waals surface area (Å²) in [5, 5.41) is 10.3. The average molecular weight is 289 g/mol. The van der Waals surface area contributed by atoms with Crippen LogP contribution in [0.25, 0.3) is 0 Å². The zero-order valence-electron chi connectivity index (χ0n) is 11.2. The Morgan fingerprint density at radius 3 is 2.20 bits per heavy atom. The maximum Gasteiger partial charge on any atom is 0.416 e. The quantitative estimate of drug-likeness (QED) is 0.928. The van der Waals surface area contributed by atoms with Gasteiger partial charge in [-0.1, -0.05) is 12.1 Å². The zero-order valence-corrected chi connectivity index (χ0v) is 11.2. The van der Waals surface area contributed by atoms with Crippen LogP contribution >= 0.6 is 0 Å². The number of hydrogen-bond acceptors (Lipinski definition) is 3. The molecule has 1 aliphatic rings. The second-order valence-electron chi connectivity index (χ2n) is 4.95. The number of nitrogens with zero attached hydrogens (tertiary/aromatic N) is 1. The second kappa shape index (κ2) is 6.11. The van der Waals surface area contributed by atoms with Gasteiger partial charge in [-0.2, -0.15) is 13.2 Å². The predicted molar refractivity (Wildman–Crippen MR) is 68.3 cm³/mol. The van der Waals surface area contributed by atoms with Gasteiger partial charge < -0.3 is 9.84 Å². The molecule has 0 bridgehead atoms. The van der Waals surface area contributed by atoms with Crippen LogP contribution < -0.4 is 0 Å². The van der Waals surface area contributed by atoms with Crippen molar-refractivity contribution in [1.29, 1.82) is 0 Å². The number of rotatable bonds is 3. The minimum absolute atomic E-state index is 0.157. The van der Waals surface area contributed by atoms with Crippen LogP contribution in [0.3, 0.4) is 0 Å². The molecule has 6 heteroatoms. The molecule has 1 aromatic rings. The van der Waals surface area contributed by atoms with Crippen LogP contribution in [0.5, 0.6) is 0 Å². The number of alkyl halides is 3. The molecule has 1 fully saturated rings. The lowest BCUT2D eigenvalue weighted by Gasteiger charge is -2.35. The molecular formula is C14H18F3NO2. The summed E-state index contributed by atoms with van der Waals surface area (Å²) in [4.78, 5) is 2.08. The minimum Gasteiger partial charge on any atom is -0.387 e. The molecule has 3 nitrogen and oxygen atoms in total. The summed E-state index contributed by atoms with van der Waals surface area (Å²) in [7, 11) is 0. The molecule has 1 N–H and O–H groups in total. The van der Waals surface area contributed by atoms with Crippen molar-refractivity contribution in [2.45, 2.75) is 25.2 Å². The van der Waals surface area contributed by atoms with Crippen LogP contribution in [-0.4, -0.2) is 42.4 Å². The molecule has 1 saturated heterocycles. The third-order valence-electron chi connectivity index (χ3n) is 3.66. The molecule has 0 aromatic heterocycles. The van der Waals surface area contributed by atoms with Crippen molar-refractivity contribution in [2.75, 3.05) is 26.3 Å². The summed E-state index contributed by atoms with van der Waals surface area (Å²) in [6.07, 6.45) is -5.16. The molecule has 2 rings (SSSR count). The van der Waals surface area contributed by atoms with Crippen molar-refractivity contribution in [3.8, 4) is 0 Å². The summed E-state index contributed by atoms with van der Waals surface area (Å²) < 4.78 is 42.7. The van der Waals surface area contributed by atoms with Gasteiger partial charge >= 0.3 is 6.18 Å². The molecule has 1 aliphatic heterocycles. The molecule has 2 atom stereocenters. The lowest BCUT2D eigenvalue weighted by atomic mass is 10.0. The Labute approximate surface area is 116 Å². The summed E-state index contributed by atoms with van der Waals surface area (Å²) in [5.74, 6) is 0. The van der Waals surface area contributed by atoms with Crippen LogP contribution in [0, 0.1) is 0 Å². The number of morpholine rings is 1. The van der Waals surface area contributed by atoms with Crippen molar-refractivity contribution in [3.63, 3.8) is 0 Å². The van der Waals surface area contributed by atoms with Gasteiger partial charge in [0, 0.05) is 19.1 Å². The van der Waals surface area contributed by atoms with E-state index < -0.39 is 17.8 Å². The molecule has 0 radical (unpaired) electrons. The molecule has 0 spiro atoms. The van der Waals surface area contributed by atoms with Crippen molar-refractivity contribution in [1.82, 2.24) is 4.90 Å². The minimum atomic E-state index is -4.35. The SMILES string of the molecule is C[C@@H]([C@@H](O)c1ccc(C(F)(F)F)cc1)N1CCOCC1. The lowest BCUT2D eigenvalue weighted by Crippen LogP contribution is -2.44. The van der Waals surface area contributed by atoms with Gasteiger partial charge in [0.1, 0.15) is 0 Å². The molecular weight excluding hydrogens is 271 g/mol. The lowest BCUT2D eigenvalue weighted by molar-refractivity contribution is -0.137. The molecule has 0 saturated carbocycles. The Kier molecular flexibility index (Phi) is 4.67. The largest absolute Gasteiger partial charge is 0.416 e.